The van der Waals surface area contributed by atoms with Crippen molar-refractivity contribution in [2.24, 2.45) is 5.16 Å². The number of aromatic nitrogens is 1. The van der Waals surface area contributed by atoms with E-state index >= 15 is 0 Å². The van der Waals surface area contributed by atoms with E-state index in [9.17, 15) is 13.2 Å². The fraction of sp³-hybridized carbons (Fsp3) is 0.304. The maximum absolute atomic E-state index is 12.8. The molecule has 1 aromatic carbocycles. The lowest BCUT2D eigenvalue weighted by molar-refractivity contribution is -0.132. The lowest BCUT2D eigenvalue weighted by Gasteiger charge is -2.12. The van der Waals surface area contributed by atoms with Crippen LogP contribution in [0.3, 0.4) is 0 Å². The fourth-order valence-electron chi connectivity index (χ4n) is 2.51. The third-order valence-electron chi connectivity index (χ3n) is 3.88. The number of allylic oxidation sites excluding steroid dienone is 1. The second kappa shape index (κ2) is 12.4. The monoisotopic (exact) mass is 450 g/mol. The van der Waals surface area contributed by atoms with E-state index in [0.29, 0.717) is 25.0 Å². The third-order valence-corrected chi connectivity index (χ3v) is 3.88. The van der Waals surface area contributed by atoms with E-state index in [4.69, 9.17) is 14.3 Å². The molecular formula is C23H25F3N2O4. The predicted octanol–water partition coefficient (Wildman–Crippen LogP) is 5.39. The van der Waals surface area contributed by atoms with Crippen molar-refractivity contribution in [3.63, 3.8) is 0 Å². The highest BCUT2D eigenvalue weighted by atomic mass is 19.4. The molecule has 6 nitrogen and oxygen atoms in total. The van der Waals surface area contributed by atoms with Crippen molar-refractivity contribution in [1.82, 2.24) is 4.98 Å². The van der Waals surface area contributed by atoms with Gasteiger partial charge in [-0.3, -0.25) is 4.98 Å². The molecule has 0 spiro atoms. The van der Waals surface area contributed by atoms with Crippen LogP contribution in [0.25, 0.3) is 0 Å². The Bertz CT molecular complexity index is 926. The largest absolute Gasteiger partial charge is 0.487 e. The molecule has 172 valence electrons. The number of benzene rings is 1. The van der Waals surface area contributed by atoms with Crippen molar-refractivity contribution in [1.29, 1.82) is 0 Å². The first-order valence-electron chi connectivity index (χ1n) is 9.92. The lowest BCUT2D eigenvalue weighted by Crippen LogP contribution is -2.15. The Balaban J connectivity index is 2.09. The number of rotatable bonds is 11. The summed E-state index contributed by atoms with van der Waals surface area (Å²) in [6.07, 6.45) is -0.278. The molecule has 1 heterocycles. The van der Waals surface area contributed by atoms with E-state index in [1.54, 1.807) is 36.5 Å². The van der Waals surface area contributed by atoms with Crippen molar-refractivity contribution < 1.29 is 32.2 Å². The quantitative estimate of drug-likeness (QED) is 0.115. The van der Waals surface area contributed by atoms with E-state index in [-0.39, 0.29) is 24.9 Å². The predicted molar refractivity (Wildman–Crippen MR) is 114 cm³/mol. The first kappa shape index (κ1) is 24.8. The standard InChI is InChI=1S/C23H25F3N2O4/c1-4-13-32-28-22(30-6-3)20-15-18(11-12-27-20)14-17-7-9-19(10-8-17)31-16-21(29-5-2)23(24,25)26/h4,7-12,15-16H,1,5-6,13-14H2,2-3H3/b21-16-,28-22-. The van der Waals surface area contributed by atoms with Crippen molar-refractivity contribution >= 4 is 5.90 Å². The van der Waals surface area contributed by atoms with Crippen LogP contribution in [0.1, 0.15) is 30.7 Å². The van der Waals surface area contributed by atoms with Crippen LogP contribution in [0.15, 0.2) is 72.4 Å². The zero-order valence-electron chi connectivity index (χ0n) is 17.9. The second-order valence-electron chi connectivity index (χ2n) is 6.31. The van der Waals surface area contributed by atoms with Crippen LogP contribution in [0.5, 0.6) is 5.75 Å². The van der Waals surface area contributed by atoms with Crippen LogP contribution in [-0.4, -0.2) is 36.9 Å². The van der Waals surface area contributed by atoms with Crippen molar-refractivity contribution in [2.75, 3.05) is 19.8 Å². The average Bonchev–Trinajstić information content (AvgIpc) is 2.76. The molecule has 2 aromatic rings. The molecule has 0 N–H and O–H groups in total. The summed E-state index contributed by atoms with van der Waals surface area (Å²) in [4.78, 5) is 9.38. The van der Waals surface area contributed by atoms with Gasteiger partial charge in [0.15, 0.2) is 0 Å². The highest BCUT2D eigenvalue weighted by Gasteiger charge is 2.36. The number of ether oxygens (including phenoxy) is 3. The Morgan fingerprint density at radius 1 is 1.06 bits per heavy atom. The molecule has 32 heavy (non-hydrogen) atoms. The van der Waals surface area contributed by atoms with Crippen LogP contribution in [0.4, 0.5) is 13.2 Å². The molecule has 1 aromatic heterocycles. The lowest BCUT2D eigenvalue weighted by atomic mass is 10.1. The summed E-state index contributed by atoms with van der Waals surface area (Å²) in [5.74, 6) is -0.658. The zero-order valence-corrected chi connectivity index (χ0v) is 17.9. The van der Waals surface area contributed by atoms with Gasteiger partial charge in [-0.15, -0.1) is 0 Å². The molecule has 0 saturated carbocycles. The first-order valence-corrected chi connectivity index (χ1v) is 9.92. The number of hydrogen-bond acceptors (Lipinski definition) is 6. The smallest absolute Gasteiger partial charge is 0.452 e. The number of halogens is 3. The van der Waals surface area contributed by atoms with E-state index < -0.39 is 11.9 Å². The maximum atomic E-state index is 12.8. The van der Waals surface area contributed by atoms with Gasteiger partial charge < -0.3 is 19.0 Å². The highest BCUT2D eigenvalue weighted by molar-refractivity contribution is 5.91. The van der Waals surface area contributed by atoms with Crippen LogP contribution in [0, 0.1) is 0 Å². The normalized spacial score (nSPS) is 12.3. The molecule has 0 aliphatic rings. The van der Waals surface area contributed by atoms with Gasteiger partial charge in [-0.25, -0.2) is 0 Å². The SMILES string of the molecule is C=CCO/N=C(\OCC)c1cc(Cc2ccc(O/C=C(\OCC)C(F)(F)F)cc2)ccn1. The number of nitrogens with zero attached hydrogens (tertiary/aromatic N) is 2. The van der Waals surface area contributed by atoms with Gasteiger partial charge in [0.1, 0.15) is 24.3 Å². The minimum absolute atomic E-state index is 0.113. The molecule has 0 aliphatic heterocycles. The van der Waals surface area contributed by atoms with Gasteiger partial charge in [-0.1, -0.05) is 24.8 Å². The number of hydrogen-bond donors (Lipinski definition) is 0. The first-order chi connectivity index (χ1) is 15.4. The van der Waals surface area contributed by atoms with Gasteiger partial charge in [0.25, 0.3) is 5.90 Å². The highest BCUT2D eigenvalue weighted by Crippen LogP contribution is 2.27. The molecule has 9 heteroatoms. The number of alkyl halides is 3. The van der Waals surface area contributed by atoms with Crippen molar-refractivity contribution in [2.45, 2.75) is 26.4 Å². The summed E-state index contributed by atoms with van der Waals surface area (Å²) in [5, 5.41) is 3.95. The van der Waals surface area contributed by atoms with Crippen LogP contribution in [0.2, 0.25) is 0 Å². The third kappa shape index (κ3) is 7.98. The van der Waals surface area contributed by atoms with Crippen LogP contribution in [-0.2, 0) is 20.7 Å². The zero-order chi connectivity index (χ0) is 23.4. The van der Waals surface area contributed by atoms with Gasteiger partial charge in [0.05, 0.1) is 13.2 Å². The minimum atomic E-state index is -4.62. The molecule has 0 aliphatic carbocycles. The van der Waals surface area contributed by atoms with Gasteiger partial charge in [0.2, 0.25) is 5.76 Å². The summed E-state index contributed by atoms with van der Waals surface area (Å²) >= 11 is 0. The Morgan fingerprint density at radius 3 is 2.41 bits per heavy atom. The Hall–Kier alpha value is -3.49. The summed E-state index contributed by atoms with van der Waals surface area (Å²) in [6.45, 7) is 7.39. The van der Waals surface area contributed by atoms with Crippen LogP contribution >= 0.6 is 0 Å². The topological polar surface area (TPSA) is 62.2 Å². The molecular weight excluding hydrogens is 425 g/mol. The molecule has 0 atom stereocenters. The van der Waals surface area contributed by atoms with E-state index in [0.717, 1.165) is 11.1 Å². The molecule has 0 amide bonds. The fourth-order valence-corrected chi connectivity index (χ4v) is 2.51. The van der Waals surface area contributed by atoms with E-state index in [1.165, 1.54) is 6.92 Å². The Labute approximate surface area is 185 Å². The summed E-state index contributed by atoms with van der Waals surface area (Å²) in [5.41, 5.74) is 2.39. The second-order valence-corrected chi connectivity index (χ2v) is 6.31. The molecule has 0 saturated heterocycles. The van der Waals surface area contributed by atoms with Gasteiger partial charge in [0, 0.05) is 6.20 Å². The van der Waals surface area contributed by atoms with Gasteiger partial charge in [-0.05, 0) is 60.8 Å². The molecule has 0 bridgehead atoms. The summed E-state index contributed by atoms with van der Waals surface area (Å²) in [7, 11) is 0. The van der Waals surface area contributed by atoms with Crippen molar-refractivity contribution in [3.05, 3.63) is 84.1 Å². The average molecular weight is 450 g/mol. The van der Waals surface area contributed by atoms with Crippen molar-refractivity contribution in [3.8, 4) is 5.75 Å². The maximum Gasteiger partial charge on any atom is 0.452 e. The Morgan fingerprint density at radius 2 is 1.78 bits per heavy atom. The molecule has 2 rings (SSSR count). The van der Waals surface area contributed by atoms with Gasteiger partial charge in [-0.2, -0.15) is 13.2 Å². The summed E-state index contributed by atoms with van der Waals surface area (Å²) in [6, 6.07) is 10.4. The number of oxime groups is 1. The number of pyridine rings is 1. The van der Waals surface area contributed by atoms with Crippen LogP contribution < -0.4 is 4.74 Å². The summed E-state index contributed by atoms with van der Waals surface area (Å²) < 4.78 is 53.7. The van der Waals surface area contributed by atoms with Gasteiger partial charge >= 0.3 is 6.18 Å². The molecule has 0 fully saturated rings. The van der Waals surface area contributed by atoms with E-state index in [2.05, 4.69) is 21.5 Å². The molecule has 0 unspecified atom stereocenters. The molecule has 0 radical (unpaired) electrons. The van der Waals surface area contributed by atoms with E-state index in [1.807, 2.05) is 19.1 Å². The Kier molecular flexibility index (Phi) is 9.59. The minimum Gasteiger partial charge on any atom is -0.487 e.